The van der Waals surface area contributed by atoms with Crippen molar-refractivity contribution in [2.24, 2.45) is 0 Å². The van der Waals surface area contributed by atoms with E-state index in [-0.39, 0.29) is 0 Å². The lowest BCUT2D eigenvalue weighted by atomic mass is 10.1. The topological polar surface area (TPSA) is 30.5 Å². The minimum Gasteiger partial charge on any atom is -0.491 e. The van der Waals surface area contributed by atoms with Crippen molar-refractivity contribution in [3.8, 4) is 5.75 Å². The van der Waals surface area contributed by atoms with E-state index in [2.05, 4.69) is 5.32 Å². The maximum Gasteiger partial charge on any atom is 0.416 e. The van der Waals surface area contributed by atoms with Crippen LogP contribution in [0.25, 0.3) is 0 Å². The van der Waals surface area contributed by atoms with Gasteiger partial charge in [0.15, 0.2) is 0 Å². The van der Waals surface area contributed by atoms with Gasteiger partial charge in [0.1, 0.15) is 12.4 Å². The van der Waals surface area contributed by atoms with E-state index < -0.39 is 11.7 Å². The summed E-state index contributed by atoms with van der Waals surface area (Å²) >= 11 is 0. The van der Waals surface area contributed by atoms with E-state index in [4.69, 9.17) is 9.47 Å². The number of alkyl halides is 3. The highest BCUT2D eigenvalue weighted by Gasteiger charge is 2.30. The maximum atomic E-state index is 12.7. The molecule has 0 saturated heterocycles. The lowest BCUT2D eigenvalue weighted by Crippen LogP contribution is -2.07. The van der Waals surface area contributed by atoms with Crippen LogP contribution in [0.2, 0.25) is 0 Å². The van der Waals surface area contributed by atoms with Gasteiger partial charge in [-0.15, -0.1) is 0 Å². The Hall–Kier alpha value is -2.21. The third-order valence-electron chi connectivity index (χ3n) is 3.29. The van der Waals surface area contributed by atoms with Crippen molar-refractivity contribution < 1.29 is 22.6 Å². The van der Waals surface area contributed by atoms with E-state index in [1.54, 1.807) is 6.07 Å². The monoisotopic (exact) mass is 339 g/mol. The first-order valence-electron chi connectivity index (χ1n) is 7.69. The molecule has 130 valence electrons. The first-order chi connectivity index (χ1) is 11.5. The van der Waals surface area contributed by atoms with E-state index in [1.807, 2.05) is 31.2 Å². The Bertz CT molecular complexity index is 644. The molecule has 0 aliphatic carbocycles. The summed E-state index contributed by atoms with van der Waals surface area (Å²) in [5, 5.41) is 3.00. The fraction of sp³-hybridized carbons (Fsp3) is 0.333. The van der Waals surface area contributed by atoms with Gasteiger partial charge in [0.25, 0.3) is 0 Å². The predicted molar refractivity (Wildman–Crippen MR) is 87.2 cm³/mol. The molecule has 0 aliphatic heterocycles. The molecular weight excluding hydrogens is 319 g/mol. The molecule has 2 aromatic rings. The summed E-state index contributed by atoms with van der Waals surface area (Å²) in [7, 11) is 0. The first kappa shape index (κ1) is 18.1. The minimum absolute atomic E-state index is 0.407. The van der Waals surface area contributed by atoms with Gasteiger partial charge in [-0.25, -0.2) is 0 Å². The Labute approximate surface area is 139 Å². The van der Waals surface area contributed by atoms with Crippen LogP contribution in [0.1, 0.15) is 18.1 Å². The highest BCUT2D eigenvalue weighted by atomic mass is 19.4. The summed E-state index contributed by atoms with van der Waals surface area (Å²) in [5.41, 5.74) is 0.675. The Kier molecular flexibility index (Phi) is 6.49. The maximum absolute atomic E-state index is 12.7. The van der Waals surface area contributed by atoms with Crippen molar-refractivity contribution in [3.63, 3.8) is 0 Å². The van der Waals surface area contributed by atoms with Crippen LogP contribution in [0.4, 0.5) is 18.9 Å². The fourth-order valence-corrected chi connectivity index (χ4v) is 2.12. The standard InChI is InChI=1S/C18H20F3NO2/c1-2-23-9-10-24-17-8-3-5-14(11-17)13-22-16-7-4-6-15(12-16)18(19,20)21/h3-8,11-12,22H,2,9-10,13H2,1H3. The quantitative estimate of drug-likeness (QED) is 0.705. The van der Waals surface area contributed by atoms with Crippen molar-refractivity contribution >= 4 is 5.69 Å². The van der Waals surface area contributed by atoms with Crippen molar-refractivity contribution in [1.82, 2.24) is 0 Å². The van der Waals surface area contributed by atoms with E-state index in [1.165, 1.54) is 6.07 Å². The number of nitrogens with one attached hydrogen (secondary N) is 1. The van der Waals surface area contributed by atoms with Gasteiger partial charge in [0.2, 0.25) is 0 Å². The van der Waals surface area contributed by atoms with Crippen LogP contribution in [-0.2, 0) is 17.5 Å². The number of ether oxygens (including phenoxy) is 2. The zero-order chi connectivity index (χ0) is 17.4. The number of halogens is 3. The molecule has 0 fully saturated rings. The molecule has 0 aliphatic rings. The molecule has 24 heavy (non-hydrogen) atoms. The number of rotatable bonds is 8. The average Bonchev–Trinajstić information content (AvgIpc) is 2.57. The number of hydrogen-bond acceptors (Lipinski definition) is 3. The molecule has 0 aromatic heterocycles. The van der Waals surface area contributed by atoms with Crippen LogP contribution in [0.5, 0.6) is 5.75 Å². The van der Waals surface area contributed by atoms with Gasteiger partial charge in [0, 0.05) is 18.8 Å². The minimum atomic E-state index is -4.34. The number of benzene rings is 2. The molecule has 0 heterocycles. The van der Waals surface area contributed by atoms with Crippen LogP contribution in [0.3, 0.4) is 0 Å². The van der Waals surface area contributed by atoms with Gasteiger partial charge < -0.3 is 14.8 Å². The van der Waals surface area contributed by atoms with Crippen LogP contribution in [0, 0.1) is 0 Å². The molecule has 1 N–H and O–H groups in total. The van der Waals surface area contributed by atoms with Gasteiger partial charge in [-0.2, -0.15) is 13.2 Å². The molecule has 0 saturated carbocycles. The molecule has 6 heteroatoms. The van der Waals surface area contributed by atoms with Crippen LogP contribution in [0.15, 0.2) is 48.5 Å². The van der Waals surface area contributed by atoms with Crippen LogP contribution in [-0.4, -0.2) is 19.8 Å². The SMILES string of the molecule is CCOCCOc1cccc(CNc2cccc(C(F)(F)F)c2)c1. The molecule has 3 nitrogen and oxygen atoms in total. The van der Waals surface area contributed by atoms with Crippen molar-refractivity contribution in [2.75, 3.05) is 25.1 Å². The third kappa shape index (κ3) is 5.77. The summed E-state index contributed by atoms with van der Waals surface area (Å²) in [4.78, 5) is 0. The summed E-state index contributed by atoms with van der Waals surface area (Å²) in [6, 6.07) is 12.6. The summed E-state index contributed by atoms with van der Waals surface area (Å²) < 4.78 is 48.9. The Balaban J connectivity index is 1.92. The molecule has 0 atom stereocenters. The average molecular weight is 339 g/mol. The molecular formula is C18H20F3NO2. The fourth-order valence-electron chi connectivity index (χ4n) is 2.12. The van der Waals surface area contributed by atoms with Crippen LogP contribution >= 0.6 is 0 Å². The zero-order valence-corrected chi connectivity index (χ0v) is 13.4. The van der Waals surface area contributed by atoms with E-state index >= 15 is 0 Å². The van der Waals surface area contributed by atoms with Gasteiger partial charge in [0.05, 0.1) is 12.2 Å². The molecule has 0 bridgehead atoms. The molecule has 2 aromatic carbocycles. The summed E-state index contributed by atoms with van der Waals surface area (Å²) in [6.07, 6.45) is -4.34. The first-order valence-corrected chi connectivity index (χ1v) is 7.69. The van der Waals surface area contributed by atoms with Gasteiger partial charge in [-0.3, -0.25) is 0 Å². The number of anilines is 1. The lowest BCUT2D eigenvalue weighted by molar-refractivity contribution is -0.137. The predicted octanol–water partition coefficient (Wildman–Crippen LogP) is 4.73. The third-order valence-corrected chi connectivity index (χ3v) is 3.29. The second-order valence-corrected chi connectivity index (χ2v) is 5.12. The Morgan fingerprint density at radius 2 is 1.79 bits per heavy atom. The van der Waals surface area contributed by atoms with Crippen LogP contribution < -0.4 is 10.1 Å². The lowest BCUT2D eigenvalue weighted by Gasteiger charge is -2.12. The smallest absolute Gasteiger partial charge is 0.416 e. The summed E-state index contributed by atoms with van der Waals surface area (Å²) in [5.74, 6) is 0.707. The molecule has 0 radical (unpaired) electrons. The number of hydrogen-bond donors (Lipinski definition) is 1. The highest BCUT2D eigenvalue weighted by molar-refractivity contribution is 5.47. The second kappa shape index (κ2) is 8.59. The van der Waals surface area contributed by atoms with E-state index in [0.717, 1.165) is 17.7 Å². The van der Waals surface area contributed by atoms with E-state index in [9.17, 15) is 13.2 Å². The second-order valence-electron chi connectivity index (χ2n) is 5.12. The molecule has 2 rings (SSSR count). The van der Waals surface area contributed by atoms with Gasteiger partial charge >= 0.3 is 6.18 Å². The molecule has 0 amide bonds. The normalized spacial score (nSPS) is 11.3. The van der Waals surface area contributed by atoms with Crippen molar-refractivity contribution in [1.29, 1.82) is 0 Å². The molecule has 0 unspecified atom stereocenters. The highest BCUT2D eigenvalue weighted by Crippen LogP contribution is 2.30. The van der Waals surface area contributed by atoms with Crippen molar-refractivity contribution in [3.05, 3.63) is 59.7 Å². The largest absolute Gasteiger partial charge is 0.491 e. The Morgan fingerprint density at radius 1 is 1.00 bits per heavy atom. The zero-order valence-electron chi connectivity index (χ0n) is 13.4. The van der Waals surface area contributed by atoms with Crippen molar-refractivity contribution in [2.45, 2.75) is 19.6 Å². The summed E-state index contributed by atoms with van der Waals surface area (Å²) in [6.45, 7) is 3.94. The van der Waals surface area contributed by atoms with Gasteiger partial charge in [-0.1, -0.05) is 18.2 Å². The van der Waals surface area contributed by atoms with E-state index in [0.29, 0.717) is 37.8 Å². The molecule has 0 spiro atoms. The van der Waals surface area contributed by atoms with Gasteiger partial charge in [-0.05, 0) is 42.8 Å². The Morgan fingerprint density at radius 3 is 2.54 bits per heavy atom.